The van der Waals surface area contributed by atoms with Crippen LogP contribution in [-0.2, 0) is 0 Å². The second-order valence-electron chi connectivity index (χ2n) is 6.43. The molecule has 1 aliphatic heterocycles. The summed E-state index contributed by atoms with van der Waals surface area (Å²) in [6.45, 7) is 3.57. The Labute approximate surface area is 127 Å². The highest BCUT2D eigenvalue weighted by Gasteiger charge is 2.23. The molecular formula is C18H27NS. The Morgan fingerprint density at radius 2 is 1.80 bits per heavy atom. The van der Waals surface area contributed by atoms with E-state index in [0.717, 1.165) is 11.8 Å². The largest absolute Gasteiger partial charge is 0.310 e. The van der Waals surface area contributed by atoms with Gasteiger partial charge in [-0.25, -0.2) is 0 Å². The van der Waals surface area contributed by atoms with Crippen LogP contribution in [0.2, 0.25) is 0 Å². The van der Waals surface area contributed by atoms with Gasteiger partial charge in [-0.05, 0) is 55.0 Å². The summed E-state index contributed by atoms with van der Waals surface area (Å²) < 4.78 is 0. The van der Waals surface area contributed by atoms with Gasteiger partial charge in [-0.1, -0.05) is 44.4 Å². The fourth-order valence-corrected chi connectivity index (χ4v) is 4.83. The second kappa shape index (κ2) is 7.00. The van der Waals surface area contributed by atoms with E-state index in [1.165, 1.54) is 61.3 Å². The van der Waals surface area contributed by atoms with E-state index >= 15 is 0 Å². The summed E-state index contributed by atoms with van der Waals surface area (Å²) in [4.78, 5) is 1.49. The number of rotatable bonds is 4. The van der Waals surface area contributed by atoms with Crippen LogP contribution < -0.4 is 5.32 Å². The molecule has 1 heterocycles. The molecule has 1 aromatic rings. The van der Waals surface area contributed by atoms with Crippen molar-refractivity contribution < 1.29 is 0 Å². The topological polar surface area (TPSA) is 12.0 Å². The number of thioether (sulfide) groups is 1. The zero-order valence-corrected chi connectivity index (χ0v) is 13.4. The smallest absolute Gasteiger partial charge is 0.0339 e. The summed E-state index contributed by atoms with van der Waals surface area (Å²) >= 11 is 2.02. The van der Waals surface area contributed by atoms with Gasteiger partial charge in [-0.2, -0.15) is 0 Å². The predicted octanol–water partition coefficient (Wildman–Crippen LogP) is 5.03. The van der Waals surface area contributed by atoms with Crippen molar-refractivity contribution in [3.8, 4) is 0 Å². The molecule has 0 radical (unpaired) electrons. The lowest BCUT2D eigenvalue weighted by Gasteiger charge is -2.31. The highest BCUT2D eigenvalue weighted by Crippen LogP contribution is 2.36. The highest BCUT2D eigenvalue weighted by atomic mass is 32.2. The number of hydrogen-bond donors (Lipinski definition) is 1. The molecule has 1 unspecified atom stereocenters. The van der Waals surface area contributed by atoms with Crippen molar-refractivity contribution in [2.24, 2.45) is 11.8 Å². The van der Waals surface area contributed by atoms with Crippen LogP contribution in [0.5, 0.6) is 0 Å². The molecule has 2 aliphatic rings. The highest BCUT2D eigenvalue weighted by molar-refractivity contribution is 7.99. The van der Waals surface area contributed by atoms with Gasteiger partial charge in [-0.3, -0.25) is 0 Å². The molecule has 1 aliphatic carbocycles. The summed E-state index contributed by atoms with van der Waals surface area (Å²) in [5, 5.41) is 3.87. The number of nitrogens with one attached hydrogen (secondary N) is 1. The zero-order valence-electron chi connectivity index (χ0n) is 12.6. The molecule has 0 spiro atoms. The van der Waals surface area contributed by atoms with Gasteiger partial charge in [0.05, 0.1) is 0 Å². The molecule has 0 amide bonds. The Morgan fingerprint density at radius 3 is 2.60 bits per heavy atom. The van der Waals surface area contributed by atoms with Crippen LogP contribution in [0.25, 0.3) is 0 Å². The van der Waals surface area contributed by atoms with E-state index in [0.29, 0.717) is 6.04 Å². The lowest BCUT2D eigenvalue weighted by atomic mass is 9.81. The van der Waals surface area contributed by atoms with E-state index in [2.05, 4.69) is 36.5 Å². The molecule has 1 nitrogen and oxygen atoms in total. The third kappa shape index (κ3) is 3.40. The Kier molecular flexibility index (Phi) is 5.06. The van der Waals surface area contributed by atoms with Gasteiger partial charge >= 0.3 is 0 Å². The predicted molar refractivity (Wildman–Crippen MR) is 88.3 cm³/mol. The molecular weight excluding hydrogens is 262 g/mol. The van der Waals surface area contributed by atoms with Gasteiger partial charge in [0.15, 0.2) is 0 Å². The normalized spacial score (nSPS) is 29.9. The maximum absolute atomic E-state index is 3.87. The first-order valence-corrected chi connectivity index (χ1v) is 9.30. The van der Waals surface area contributed by atoms with E-state index in [1.54, 1.807) is 0 Å². The van der Waals surface area contributed by atoms with Crippen molar-refractivity contribution in [3.63, 3.8) is 0 Å². The minimum absolute atomic E-state index is 0.594. The average molecular weight is 289 g/mol. The maximum Gasteiger partial charge on any atom is 0.0339 e. The molecule has 2 heteroatoms. The monoisotopic (exact) mass is 289 g/mol. The van der Waals surface area contributed by atoms with Gasteiger partial charge in [0, 0.05) is 10.9 Å². The Balaban J connectivity index is 1.52. The molecule has 110 valence electrons. The zero-order chi connectivity index (χ0) is 13.8. The quantitative estimate of drug-likeness (QED) is 0.834. The van der Waals surface area contributed by atoms with E-state index in [1.807, 2.05) is 11.8 Å². The first-order chi connectivity index (χ1) is 9.86. The maximum atomic E-state index is 3.87. The van der Waals surface area contributed by atoms with Crippen molar-refractivity contribution in [3.05, 3.63) is 29.8 Å². The fraction of sp³-hybridized carbons (Fsp3) is 0.667. The van der Waals surface area contributed by atoms with Crippen molar-refractivity contribution in [1.29, 1.82) is 0 Å². The van der Waals surface area contributed by atoms with Crippen molar-refractivity contribution in [2.45, 2.75) is 56.4 Å². The Hall–Kier alpha value is -0.470. The molecule has 1 fully saturated rings. The van der Waals surface area contributed by atoms with Gasteiger partial charge in [0.1, 0.15) is 0 Å². The molecule has 1 N–H and O–H groups in total. The van der Waals surface area contributed by atoms with Crippen molar-refractivity contribution >= 4 is 11.8 Å². The Bertz CT molecular complexity index is 423. The lowest BCUT2D eigenvalue weighted by Crippen LogP contribution is -2.31. The third-order valence-electron chi connectivity index (χ3n) is 5.16. The summed E-state index contributed by atoms with van der Waals surface area (Å²) in [5.74, 6) is 3.19. The van der Waals surface area contributed by atoms with Crippen molar-refractivity contribution in [1.82, 2.24) is 5.32 Å². The van der Waals surface area contributed by atoms with E-state index in [9.17, 15) is 0 Å². The fourth-order valence-electron chi connectivity index (χ4n) is 3.71. The van der Waals surface area contributed by atoms with Crippen LogP contribution in [0.3, 0.4) is 0 Å². The molecule has 0 saturated heterocycles. The molecule has 0 aromatic heterocycles. The average Bonchev–Trinajstić information content (AvgIpc) is 2.53. The summed E-state index contributed by atoms with van der Waals surface area (Å²) in [5.41, 5.74) is 1.53. The number of fused-ring (bicyclic) bond motifs is 1. The van der Waals surface area contributed by atoms with Crippen LogP contribution in [0.4, 0.5) is 0 Å². The lowest BCUT2D eigenvalue weighted by molar-refractivity contribution is 0.255. The van der Waals surface area contributed by atoms with Crippen LogP contribution in [-0.4, -0.2) is 12.3 Å². The number of hydrogen-bond acceptors (Lipinski definition) is 2. The van der Waals surface area contributed by atoms with E-state index in [4.69, 9.17) is 0 Å². The minimum Gasteiger partial charge on any atom is -0.310 e. The molecule has 20 heavy (non-hydrogen) atoms. The summed E-state index contributed by atoms with van der Waals surface area (Å²) in [7, 11) is 0. The van der Waals surface area contributed by atoms with Gasteiger partial charge in [0.2, 0.25) is 0 Å². The molecule has 1 atom stereocenters. The van der Waals surface area contributed by atoms with Crippen LogP contribution in [0, 0.1) is 11.8 Å². The summed E-state index contributed by atoms with van der Waals surface area (Å²) in [6.07, 6.45) is 8.46. The van der Waals surface area contributed by atoms with Gasteiger partial charge < -0.3 is 5.32 Å². The van der Waals surface area contributed by atoms with Crippen LogP contribution in [0.1, 0.15) is 57.1 Å². The first-order valence-electron chi connectivity index (χ1n) is 8.32. The van der Waals surface area contributed by atoms with E-state index in [-0.39, 0.29) is 0 Å². The number of benzene rings is 1. The molecule has 1 aromatic carbocycles. The Morgan fingerprint density at radius 1 is 1.05 bits per heavy atom. The van der Waals surface area contributed by atoms with Crippen LogP contribution >= 0.6 is 11.8 Å². The SMILES string of the molecule is CCC1CCC(CNC2CCSc3ccccc32)CC1. The van der Waals surface area contributed by atoms with Gasteiger partial charge in [0.25, 0.3) is 0 Å². The third-order valence-corrected chi connectivity index (χ3v) is 6.28. The van der Waals surface area contributed by atoms with Gasteiger partial charge in [-0.15, -0.1) is 11.8 Å². The summed E-state index contributed by atoms with van der Waals surface area (Å²) in [6, 6.07) is 9.54. The van der Waals surface area contributed by atoms with E-state index < -0.39 is 0 Å². The molecule has 3 rings (SSSR count). The standard InChI is InChI=1S/C18H27NS/c1-2-14-7-9-15(10-8-14)13-19-17-11-12-20-18-6-4-3-5-16(17)18/h3-6,14-15,17,19H,2,7-13H2,1H3. The molecule has 0 bridgehead atoms. The second-order valence-corrected chi connectivity index (χ2v) is 7.57. The van der Waals surface area contributed by atoms with Crippen molar-refractivity contribution in [2.75, 3.05) is 12.3 Å². The van der Waals surface area contributed by atoms with Crippen LogP contribution in [0.15, 0.2) is 29.2 Å². The molecule has 1 saturated carbocycles. The first kappa shape index (κ1) is 14.5. The minimum atomic E-state index is 0.594.